The predicted octanol–water partition coefficient (Wildman–Crippen LogP) is 4.10. The van der Waals surface area contributed by atoms with Gasteiger partial charge in [-0.3, -0.25) is 4.79 Å². The van der Waals surface area contributed by atoms with E-state index < -0.39 is 0 Å². The van der Waals surface area contributed by atoms with E-state index in [1.54, 1.807) is 0 Å². The summed E-state index contributed by atoms with van der Waals surface area (Å²) in [5.41, 5.74) is 3.28. The molecule has 0 unspecified atom stereocenters. The Labute approximate surface area is 164 Å². The maximum absolute atomic E-state index is 12.8. The van der Waals surface area contributed by atoms with Gasteiger partial charge < -0.3 is 15.0 Å². The summed E-state index contributed by atoms with van der Waals surface area (Å²) in [6, 6.07) is 16.3. The number of rotatable bonds is 3. The average Bonchev–Trinajstić information content (AvgIpc) is 3.18. The molecule has 0 spiro atoms. The molecule has 2 aliphatic rings. The van der Waals surface area contributed by atoms with Crippen molar-refractivity contribution in [2.75, 3.05) is 0 Å². The van der Waals surface area contributed by atoms with Crippen molar-refractivity contribution in [3.8, 4) is 5.75 Å². The molecule has 3 atom stereocenters. The number of benzene rings is 2. The van der Waals surface area contributed by atoms with E-state index in [9.17, 15) is 4.79 Å². The maximum Gasteiger partial charge on any atom is 0.261 e. The summed E-state index contributed by atoms with van der Waals surface area (Å²) in [6.45, 7) is 0. The van der Waals surface area contributed by atoms with Crippen molar-refractivity contribution in [1.29, 1.82) is 0 Å². The zero-order valence-corrected chi connectivity index (χ0v) is 15.9. The second-order valence-electron chi connectivity index (χ2n) is 7.96. The zero-order chi connectivity index (χ0) is 18.9. The van der Waals surface area contributed by atoms with Crippen molar-refractivity contribution < 1.29 is 9.53 Å². The lowest BCUT2D eigenvalue weighted by Gasteiger charge is -2.31. The summed E-state index contributed by atoms with van der Waals surface area (Å²) < 4.78 is 5.96. The van der Waals surface area contributed by atoms with Crippen LogP contribution in [0.25, 0.3) is 11.0 Å². The van der Waals surface area contributed by atoms with E-state index in [-0.39, 0.29) is 18.1 Å². The Hall–Kier alpha value is -2.82. The van der Waals surface area contributed by atoms with E-state index >= 15 is 0 Å². The van der Waals surface area contributed by atoms with Crippen LogP contribution in [0.15, 0.2) is 48.5 Å². The number of aromatic nitrogens is 2. The minimum atomic E-state index is -0.388. The normalized spacial score (nSPS) is 24.4. The fourth-order valence-corrected chi connectivity index (χ4v) is 4.54. The first-order chi connectivity index (χ1) is 13.8. The molecule has 2 N–H and O–H groups in total. The molecule has 2 heterocycles. The van der Waals surface area contributed by atoms with Crippen LogP contribution < -0.4 is 10.1 Å². The van der Waals surface area contributed by atoms with Gasteiger partial charge in [0.1, 0.15) is 11.6 Å². The van der Waals surface area contributed by atoms with E-state index in [4.69, 9.17) is 9.72 Å². The molecule has 1 amide bonds. The molecule has 5 rings (SSSR count). The number of para-hydroxylation sites is 3. The van der Waals surface area contributed by atoms with Crippen LogP contribution in [0.3, 0.4) is 0 Å². The molecule has 0 saturated heterocycles. The molecule has 0 bridgehead atoms. The summed E-state index contributed by atoms with van der Waals surface area (Å²) >= 11 is 0. The van der Waals surface area contributed by atoms with Crippen molar-refractivity contribution in [2.45, 2.75) is 56.6 Å². The Morgan fingerprint density at radius 1 is 1.07 bits per heavy atom. The molecular weight excluding hydrogens is 350 g/mol. The number of H-pyrrole nitrogens is 1. The maximum atomic E-state index is 12.8. The van der Waals surface area contributed by atoms with Crippen LogP contribution in [0.1, 0.15) is 49.4 Å². The summed E-state index contributed by atoms with van der Waals surface area (Å²) in [4.78, 5) is 21.0. The third-order valence-electron chi connectivity index (χ3n) is 6.03. The quantitative estimate of drug-likeness (QED) is 0.724. The minimum absolute atomic E-state index is 0.0183. The first kappa shape index (κ1) is 17.3. The fourth-order valence-electron chi connectivity index (χ4n) is 4.54. The second kappa shape index (κ2) is 7.30. The largest absolute Gasteiger partial charge is 0.480 e. The highest BCUT2D eigenvalue weighted by molar-refractivity contribution is 5.81. The highest BCUT2D eigenvalue weighted by atomic mass is 16.5. The minimum Gasteiger partial charge on any atom is -0.480 e. The van der Waals surface area contributed by atoms with Gasteiger partial charge in [-0.1, -0.05) is 36.8 Å². The number of imidazole rings is 1. The Balaban J connectivity index is 1.24. The molecule has 1 aromatic heterocycles. The zero-order valence-electron chi connectivity index (χ0n) is 15.9. The van der Waals surface area contributed by atoms with Crippen LogP contribution in [0.4, 0.5) is 0 Å². The monoisotopic (exact) mass is 375 g/mol. The molecule has 1 fully saturated rings. The third kappa shape index (κ3) is 3.37. The molecule has 3 aromatic rings. The van der Waals surface area contributed by atoms with Crippen LogP contribution in [0.5, 0.6) is 5.75 Å². The van der Waals surface area contributed by atoms with Gasteiger partial charge in [-0.15, -0.1) is 0 Å². The van der Waals surface area contributed by atoms with E-state index in [0.717, 1.165) is 61.1 Å². The number of nitrogens with zero attached hydrogens (tertiary/aromatic N) is 1. The highest BCUT2D eigenvalue weighted by Gasteiger charge is 2.31. The SMILES string of the molecule is O=C(N[C@@H]1CCC[C@H](c2nc3ccccc3[nH]2)C1)[C@@H]1CCc2ccccc2O1. The highest BCUT2D eigenvalue weighted by Crippen LogP contribution is 2.33. The molecule has 1 aliphatic carbocycles. The first-order valence-electron chi connectivity index (χ1n) is 10.3. The van der Waals surface area contributed by atoms with Crippen LogP contribution in [0.2, 0.25) is 0 Å². The van der Waals surface area contributed by atoms with Gasteiger partial charge in [-0.05, 0) is 55.9 Å². The van der Waals surface area contributed by atoms with Gasteiger partial charge >= 0.3 is 0 Å². The summed E-state index contributed by atoms with van der Waals surface area (Å²) in [7, 11) is 0. The third-order valence-corrected chi connectivity index (χ3v) is 6.03. The number of fused-ring (bicyclic) bond motifs is 2. The van der Waals surface area contributed by atoms with Crippen molar-refractivity contribution in [1.82, 2.24) is 15.3 Å². The number of aromatic amines is 1. The Morgan fingerprint density at radius 2 is 1.93 bits per heavy atom. The lowest BCUT2D eigenvalue weighted by Crippen LogP contribution is -2.46. The number of hydrogen-bond donors (Lipinski definition) is 2. The summed E-state index contributed by atoms with van der Waals surface area (Å²) in [6.07, 6.45) is 5.39. The standard InChI is InChI=1S/C23H25N3O2/c27-23(21-13-12-15-6-1-4-11-20(15)28-21)24-17-8-5-7-16(14-17)22-25-18-9-2-3-10-19(18)26-22/h1-4,6,9-11,16-17,21H,5,7-8,12-14H2,(H,24,27)(H,25,26)/t16-,17+,21-/m0/s1. The summed E-state index contributed by atoms with van der Waals surface area (Å²) in [5.74, 6) is 2.27. The van der Waals surface area contributed by atoms with Gasteiger partial charge in [-0.25, -0.2) is 4.98 Å². The van der Waals surface area contributed by atoms with Crippen molar-refractivity contribution in [3.63, 3.8) is 0 Å². The Morgan fingerprint density at radius 3 is 2.86 bits per heavy atom. The number of amides is 1. The van der Waals surface area contributed by atoms with Gasteiger partial charge in [-0.2, -0.15) is 0 Å². The summed E-state index contributed by atoms with van der Waals surface area (Å²) in [5, 5.41) is 3.25. The molecule has 1 saturated carbocycles. The van der Waals surface area contributed by atoms with E-state index in [0.29, 0.717) is 5.92 Å². The van der Waals surface area contributed by atoms with Gasteiger partial charge in [0.15, 0.2) is 6.10 Å². The lowest BCUT2D eigenvalue weighted by molar-refractivity contribution is -0.129. The fraction of sp³-hybridized carbons (Fsp3) is 0.391. The van der Waals surface area contributed by atoms with Gasteiger partial charge in [0.25, 0.3) is 5.91 Å². The molecule has 5 heteroatoms. The average molecular weight is 375 g/mol. The first-order valence-corrected chi connectivity index (χ1v) is 10.3. The molecule has 144 valence electrons. The van der Waals surface area contributed by atoms with E-state index in [1.165, 1.54) is 5.56 Å². The molecule has 1 aliphatic heterocycles. The predicted molar refractivity (Wildman–Crippen MR) is 108 cm³/mol. The van der Waals surface area contributed by atoms with Crippen LogP contribution in [-0.4, -0.2) is 28.0 Å². The molecule has 0 radical (unpaired) electrons. The molecule has 2 aromatic carbocycles. The number of aryl methyl sites for hydroxylation is 1. The Kier molecular flexibility index (Phi) is 4.51. The number of carbonyl (C=O) groups excluding carboxylic acids is 1. The number of nitrogens with one attached hydrogen (secondary N) is 2. The van der Waals surface area contributed by atoms with Crippen molar-refractivity contribution in [2.24, 2.45) is 0 Å². The van der Waals surface area contributed by atoms with Gasteiger partial charge in [0.2, 0.25) is 0 Å². The number of carbonyl (C=O) groups is 1. The van der Waals surface area contributed by atoms with Crippen molar-refractivity contribution in [3.05, 3.63) is 59.9 Å². The van der Waals surface area contributed by atoms with Gasteiger partial charge in [0.05, 0.1) is 11.0 Å². The number of hydrogen-bond acceptors (Lipinski definition) is 3. The Bertz CT molecular complexity index is 963. The molecular formula is C23H25N3O2. The number of ether oxygens (including phenoxy) is 1. The van der Waals surface area contributed by atoms with Gasteiger partial charge in [0, 0.05) is 12.0 Å². The van der Waals surface area contributed by atoms with Crippen LogP contribution in [-0.2, 0) is 11.2 Å². The topological polar surface area (TPSA) is 67.0 Å². The second-order valence-corrected chi connectivity index (χ2v) is 7.96. The lowest BCUT2D eigenvalue weighted by atomic mass is 9.85. The van der Waals surface area contributed by atoms with E-state index in [1.807, 2.05) is 36.4 Å². The van der Waals surface area contributed by atoms with Crippen LogP contribution in [0, 0.1) is 0 Å². The van der Waals surface area contributed by atoms with E-state index in [2.05, 4.69) is 22.4 Å². The molecule has 5 nitrogen and oxygen atoms in total. The van der Waals surface area contributed by atoms with Crippen LogP contribution >= 0.6 is 0 Å². The smallest absolute Gasteiger partial charge is 0.261 e. The van der Waals surface area contributed by atoms with Crippen molar-refractivity contribution >= 4 is 16.9 Å². The molecule has 28 heavy (non-hydrogen) atoms.